The van der Waals surface area contributed by atoms with Gasteiger partial charge in [-0.3, -0.25) is 9.69 Å². The number of nitrogens with zero attached hydrogens (tertiary/aromatic N) is 4. The third kappa shape index (κ3) is 3.32. The summed E-state index contributed by atoms with van der Waals surface area (Å²) >= 11 is 0. The smallest absolute Gasteiger partial charge is 0.289 e. The second-order valence-electron chi connectivity index (χ2n) is 8.06. The number of benzene rings is 1. The average Bonchev–Trinajstić information content (AvgIpc) is 3.25. The molecule has 1 saturated heterocycles. The van der Waals surface area contributed by atoms with Gasteiger partial charge < -0.3 is 14.6 Å². The average molecular weight is 367 g/mol. The molecule has 7 nitrogen and oxygen atoms in total. The van der Waals surface area contributed by atoms with Gasteiger partial charge in [0.15, 0.2) is 0 Å². The predicted molar refractivity (Wildman–Crippen MR) is 99.5 cm³/mol. The molecule has 142 valence electrons. The van der Waals surface area contributed by atoms with E-state index >= 15 is 0 Å². The quantitative estimate of drug-likeness (QED) is 0.867. The molecule has 2 aliphatic heterocycles. The fourth-order valence-electron chi connectivity index (χ4n) is 4.39. The topological polar surface area (TPSA) is 72.3 Å². The Morgan fingerprint density at radius 2 is 1.93 bits per heavy atom. The Labute approximate surface area is 158 Å². The Bertz CT molecular complexity index is 843. The van der Waals surface area contributed by atoms with Gasteiger partial charge in [-0.15, -0.1) is 10.2 Å². The number of likely N-dealkylation sites (tertiary alicyclic amines) is 1. The van der Waals surface area contributed by atoms with Gasteiger partial charge in [0.2, 0.25) is 5.82 Å². The van der Waals surface area contributed by atoms with Crippen molar-refractivity contribution in [3.63, 3.8) is 0 Å². The first-order valence-electron chi connectivity index (χ1n) is 9.78. The van der Waals surface area contributed by atoms with Crippen LogP contribution in [-0.4, -0.2) is 51.8 Å². The Morgan fingerprint density at radius 3 is 2.67 bits per heavy atom. The summed E-state index contributed by atoms with van der Waals surface area (Å²) in [4.78, 5) is 14.9. The molecular formula is C20H25N5O2. The second kappa shape index (κ2) is 6.64. The van der Waals surface area contributed by atoms with Crippen molar-refractivity contribution >= 4 is 5.91 Å². The summed E-state index contributed by atoms with van der Waals surface area (Å²) in [6.45, 7) is 3.93. The number of aromatic nitrogens is 3. The Morgan fingerprint density at radius 1 is 1.15 bits per heavy atom. The molecule has 2 aromatic rings. The van der Waals surface area contributed by atoms with E-state index in [0.29, 0.717) is 23.7 Å². The lowest BCUT2D eigenvalue weighted by Crippen LogP contribution is -2.33. The van der Waals surface area contributed by atoms with Gasteiger partial charge >= 0.3 is 0 Å². The van der Waals surface area contributed by atoms with Crippen LogP contribution in [0.2, 0.25) is 0 Å². The molecule has 0 spiro atoms. The van der Waals surface area contributed by atoms with Gasteiger partial charge in [0.1, 0.15) is 11.6 Å². The van der Waals surface area contributed by atoms with Crippen LogP contribution in [0.25, 0.3) is 0 Å². The van der Waals surface area contributed by atoms with Gasteiger partial charge in [-0.2, -0.15) is 0 Å². The second-order valence-corrected chi connectivity index (χ2v) is 8.06. The lowest BCUT2D eigenvalue weighted by Gasteiger charge is -2.25. The Balaban J connectivity index is 1.25. The highest BCUT2D eigenvalue weighted by molar-refractivity contribution is 5.91. The standard InChI is InChI=1S/C20H25N5O2/c1-27-17-6-2-13(3-7-17)9-24-10-14-8-18-22-23-19(20(26)21-16-4-5-16)25(18)12-15(14)11-24/h2-3,6-7,14-16H,4-5,8-12H2,1H3,(H,21,26)/t14-,15+/m1/s1. The summed E-state index contributed by atoms with van der Waals surface area (Å²) in [6.07, 6.45) is 3.07. The van der Waals surface area contributed by atoms with Crippen LogP contribution in [0, 0.1) is 11.8 Å². The van der Waals surface area contributed by atoms with E-state index in [1.165, 1.54) is 5.56 Å². The van der Waals surface area contributed by atoms with Crippen molar-refractivity contribution in [3.8, 4) is 5.75 Å². The maximum Gasteiger partial charge on any atom is 0.289 e. The zero-order valence-electron chi connectivity index (χ0n) is 15.6. The third-order valence-corrected chi connectivity index (χ3v) is 6.02. The predicted octanol–water partition coefficient (Wildman–Crippen LogP) is 1.48. The van der Waals surface area contributed by atoms with Gasteiger partial charge in [0.25, 0.3) is 5.91 Å². The fraction of sp³-hybridized carbons (Fsp3) is 0.550. The van der Waals surface area contributed by atoms with E-state index in [2.05, 4.69) is 37.1 Å². The van der Waals surface area contributed by atoms with Crippen LogP contribution in [0.1, 0.15) is 34.8 Å². The molecule has 0 unspecified atom stereocenters. The van der Waals surface area contributed by atoms with Crippen LogP contribution in [0.5, 0.6) is 5.75 Å². The van der Waals surface area contributed by atoms with Crippen molar-refractivity contribution in [2.24, 2.45) is 11.8 Å². The fourth-order valence-corrected chi connectivity index (χ4v) is 4.39. The molecule has 5 rings (SSSR count). The van der Waals surface area contributed by atoms with E-state index in [1.807, 2.05) is 12.1 Å². The first kappa shape index (κ1) is 16.7. The lowest BCUT2D eigenvalue weighted by atomic mass is 9.89. The molecule has 7 heteroatoms. The molecule has 27 heavy (non-hydrogen) atoms. The highest BCUT2D eigenvalue weighted by Crippen LogP contribution is 2.33. The number of amides is 1. The minimum absolute atomic E-state index is 0.0669. The summed E-state index contributed by atoms with van der Waals surface area (Å²) in [5, 5.41) is 11.5. The minimum atomic E-state index is -0.0669. The van der Waals surface area contributed by atoms with Crippen LogP contribution in [0.15, 0.2) is 24.3 Å². The van der Waals surface area contributed by atoms with E-state index in [-0.39, 0.29) is 5.91 Å². The summed E-state index contributed by atoms with van der Waals surface area (Å²) in [5.74, 6) is 3.43. The van der Waals surface area contributed by atoms with E-state index < -0.39 is 0 Å². The van der Waals surface area contributed by atoms with Crippen molar-refractivity contribution in [2.75, 3.05) is 20.2 Å². The number of ether oxygens (including phenoxy) is 1. The first-order valence-corrected chi connectivity index (χ1v) is 9.78. The van der Waals surface area contributed by atoms with Crippen LogP contribution >= 0.6 is 0 Å². The van der Waals surface area contributed by atoms with Crippen LogP contribution in [-0.2, 0) is 19.5 Å². The van der Waals surface area contributed by atoms with E-state index in [4.69, 9.17) is 4.74 Å². The summed E-state index contributed by atoms with van der Waals surface area (Å²) < 4.78 is 7.29. The monoisotopic (exact) mass is 367 g/mol. The number of rotatable bonds is 5. The first-order chi connectivity index (χ1) is 13.2. The Kier molecular flexibility index (Phi) is 4.11. The molecule has 1 aromatic heterocycles. The van der Waals surface area contributed by atoms with Gasteiger partial charge in [-0.1, -0.05) is 12.1 Å². The molecule has 0 bridgehead atoms. The Hall–Kier alpha value is -2.41. The number of carbonyl (C=O) groups excluding carboxylic acids is 1. The maximum absolute atomic E-state index is 12.4. The molecule has 3 heterocycles. The minimum Gasteiger partial charge on any atom is -0.497 e. The molecule has 2 fully saturated rings. The van der Waals surface area contributed by atoms with Gasteiger partial charge in [0.05, 0.1) is 7.11 Å². The van der Waals surface area contributed by atoms with Crippen molar-refractivity contribution in [1.29, 1.82) is 0 Å². The number of hydrogen-bond acceptors (Lipinski definition) is 5. The zero-order chi connectivity index (χ0) is 18.4. The number of carbonyl (C=O) groups is 1. The summed E-state index contributed by atoms with van der Waals surface area (Å²) in [5.41, 5.74) is 1.30. The number of nitrogens with one attached hydrogen (secondary N) is 1. The van der Waals surface area contributed by atoms with Gasteiger partial charge in [-0.25, -0.2) is 0 Å². The third-order valence-electron chi connectivity index (χ3n) is 6.02. The SMILES string of the molecule is COc1ccc(CN2C[C@H]3Cc4nnc(C(=O)NC5CC5)n4C[C@@H]3C2)cc1. The van der Waals surface area contributed by atoms with Gasteiger partial charge in [-0.05, 0) is 42.4 Å². The van der Waals surface area contributed by atoms with Crippen molar-refractivity contribution in [2.45, 2.75) is 38.4 Å². The highest BCUT2D eigenvalue weighted by Gasteiger charge is 2.39. The molecule has 3 aliphatic rings. The van der Waals surface area contributed by atoms with Crippen molar-refractivity contribution in [3.05, 3.63) is 41.5 Å². The van der Waals surface area contributed by atoms with Crippen LogP contribution in [0.3, 0.4) is 0 Å². The number of fused-ring (bicyclic) bond motifs is 2. The molecule has 1 N–H and O–H groups in total. The molecule has 0 radical (unpaired) electrons. The summed E-state index contributed by atoms with van der Waals surface area (Å²) in [7, 11) is 1.69. The summed E-state index contributed by atoms with van der Waals surface area (Å²) in [6, 6.07) is 8.65. The molecule has 1 amide bonds. The molecule has 2 atom stereocenters. The molecular weight excluding hydrogens is 342 g/mol. The molecule has 1 saturated carbocycles. The van der Waals surface area contributed by atoms with Crippen LogP contribution in [0.4, 0.5) is 0 Å². The zero-order valence-corrected chi connectivity index (χ0v) is 15.6. The van der Waals surface area contributed by atoms with Crippen molar-refractivity contribution in [1.82, 2.24) is 25.0 Å². The normalized spacial score (nSPS) is 24.3. The van der Waals surface area contributed by atoms with Gasteiger partial charge in [0, 0.05) is 38.6 Å². The van der Waals surface area contributed by atoms with E-state index in [0.717, 1.165) is 57.0 Å². The maximum atomic E-state index is 12.4. The largest absolute Gasteiger partial charge is 0.497 e. The van der Waals surface area contributed by atoms with Crippen LogP contribution < -0.4 is 10.1 Å². The molecule has 1 aliphatic carbocycles. The molecule has 1 aromatic carbocycles. The van der Waals surface area contributed by atoms with E-state index in [1.54, 1.807) is 7.11 Å². The highest BCUT2D eigenvalue weighted by atomic mass is 16.5. The number of hydrogen-bond donors (Lipinski definition) is 1. The van der Waals surface area contributed by atoms with Crippen molar-refractivity contribution < 1.29 is 9.53 Å². The lowest BCUT2D eigenvalue weighted by molar-refractivity contribution is 0.0932. The van der Waals surface area contributed by atoms with E-state index in [9.17, 15) is 4.79 Å². The number of methoxy groups -OCH3 is 1.